The summed E-state index contributed by atoms with van der Waals surface area (Å²) in [4.78, 5) is 18.6. The highest BCUT2D eigenvalue weighted by atomic mass is 16.3. The molecule has 21 heavy (non-hydrogen) atoms. The van der Waals surface area contributed by atoms with Gasteiger partial charge in [-0.3, -0.25) is 4.79 Å². The summed E-state index contributed by atoms with van der Waals surface area (Å²) in [6.07, 6.45) is 5.58. The van der Waals surface area contributed by atoms with E-state index in [-0.39, 0.29) is 5.91 Å². The van der Waals surface area contributed by atoms with Crippen LogP contribution < -0.4 is 10.2 Å². The summed E-state index contributed by atoms with van der Waals surface area (Å²) in [7, 11) is 0. The summed E-state index contributed by atoms with van der Waals surface area (Å²) in [5.74, 6) is 1.80. The predicted molar refractivity (Wildman–Crippen MR) is 81.5 cm³/mol. The molecule has 0 bridgehead atoms. The van der Waals surface area contributed by atoms with E-state index >= 15 is 0 Å². The Bertz CT molecular complexity index is 584. The number of rotatable bonds is 3. The topological polar surface area (TPSA) is 58.4 Å². The van der Waals surface area contributed by atoms with Crippen LogP contribution in [0, 0.1) is 5.92 Å². The molecule has 1 aliphatic rings. The zero-order valence-electron chi connectivity index (χ0n) is 12.1. The van der Waals surface area contributed by atoms with Gasteiger partial charge >= 0.3 is 0 Å². The summed E-state index contributed by atoms with van der Waals surface area (Å²) in [6, 6.07) is 7.15. The molecule has 1 saturated heterocycles. The van der Waals surface area contributed by atoms with Gasteiger partial charge in [0, 0.05) is 13.1 Å². The first-order valence-electron chi connectivity index (χ1n) is 7.28. The number of carbonyl (C=O) groups is 1. The number of furan rings is 1. The molecule has 0 radical (unpaired) electrons. The number of amides is 1. The van der Waals surface area contributed by atoms with Crippen molar-refractivity contribution in [2.45, 2.75) is 19.8 Å². The zero-order chi connectivity index (χ0) is 14.7. The fourth-order valence-electron chi connectivity index (χ4n) is 2.49. The molecule has 1 fully saturated rings. The Labute approximate surface area is 124 Å². The summed E-state index contributed by atoms with van der Waals surface area (Å²) >= 11 is 0. The minimum absolute atomic E-state index is 0.263. The molecule has 1 N–H and O–H groups in total. The Morgan fingerprint density at radius 2 is 2.14 bits per heavy atom. The van der Waals surface area contributed by atoms with Crippen molar-refractivity contribution in [3.8, 4) is 0 Å². The monoisotopic (exact) mass is 285 g/mol. The second kappa shape index (κ2) is 5.99. The van der Waals surface area contributed by atoms with Crippen molar-refractivity contribution < 1.29 is 9.21 Å². The van der Waals surface area contributed by atoms with Gasteiger partial charge in [0.15, 0.2) is 5.76 Å². The van der Waals surface area contributed by atoms with Crippen LogP contribution in [0.3, 0.4) is 0 Å². The summed E-state index contributed by atoms with van der Waals surface area (Å²) in [6.45, 7) is 4.39. The Kier molecular flexibility index (Phi) is 3.90. The van der Waals surface area contributed by atoms with Crippen molar-refractivity contribution in [1.29, 1.82) is 0 Å². The first-order chi connectivity index (χ1) is 10.2. The predicted octanol–water partition coefficient (Wildman–Crippen LogP) is 3.16. The van der Waals surface area contributed by atoms with Crippen molar-refractivity contribution >= 4 is 17.4 Å². The van der Waals surface area contributed by atoms with Crippen LogP contribution in [0.1, 0.15) is 30.3 Å². The van der Waals surface area contributed by atoms with Gasteiger partial charge in [-0.05, 0) is 43.0 Å². The molecule has 0 saturated carbocycles. The van der Waals surface area contributed by atoms with Gasteiger partial charge < -0.3 is 14.6 Å². The van der Waals surface area contributed by atoms with E-state index in [4.69, 9.17) is 4.42 Å². The number of pyridine rings is 1. The van der Waals surface area contributed by atoms with Crippen LogP contribution in [0.2, 0.25) is 0 Å². The van der Waals surface area contributed by atoms with Gasteiger partial charge in [0.1, 0.15) is 5.82 Å². The van der Waals surface area contributed by atoms with Crippen molar-refractivity contribution in [2.75, 3.05) is 23.3 Å². The van der Waals surface area contributed by atoms with Crippen molar-refractivity contribution in [2.24, 2.45) is 5.92 Å². The number of aromatic nitrogens is 1. The fourth-order valence-corrected chi connectivity index (χ4v) is 2.49. The van der Waals surface area contributed by atoms with Crippen LogP contribution in [0.5, 0.6) is 0 Å². The molecular weight excluding hydrogens is 266 g/mol. The lowest BCUT2D eigenvalue weighted by Crippen LogP contribution is -2.33. The van der Waals surface area contributed by atoms with E-state index in [0.29, 0.717) is 11.4 Å². The molecule has 3 heterocycles. The number of piperidine rings is 1. The largest absolute Gasteiger partial charge is 0.459 e. The Balaban J connectivity index is 1.63. The van der Waals surface area contributed by atoms with E-state index in [1.807, 2.05) is 12.1 Å². The van der Waals surface area contributed by atoms with Crippen LogP contribution in [0.4, 0.5) is 11.5 Å². The van der Waals surface area contributed by atoms with E-state index in [1.54, 1.807) is 18.3 Å². The third-order valence-corrected chi connectivity index (χ3v) is 3.86. The highest BCUT2D eigenvalue weighted by Gasteiger charge is 2.17. The molecule has 0 unspecified atom stereocenters. The van der Waals surface area contributed by atoms with Gasteiger partial charge in [0.05, 0.1) is 18.1 Å². The number of nitrogens with one attached hydrogen (secondary N) is 1. The average Bonchev–Trinajstić information content (AvgIpc) is 3.03. The third kappa shape index (κ3) is 3.24. The molecule has 110 valence electrons. The molecule has 1 amide bonds. The molecule has 0 atom stereocenters. The Hall–Kier alpha value is -2.30. The Morgan fingerprint density at radius 1 is 1.33 bits per heavy atom. The normalized spacial score (nSPS) is 16.0. The van der Waals surface area contributed by atoms with E-state index < -0.39 is 0 Å². The first-order valence-corrected chi connectivity index (χ1v) is 7.28. The van der Waals surface area contributed by atoms with Crippen LogP contribution in [-0.4, -0.2) is 24.0 Å². The molecular formula is C16H19N3O2. The smallest absolute Gasteiger partial charge is 0.291 e. The van der Waals surface area contributed by atoms with Gasteiger partial charge in [-0.2, -0.15) is 0 Å². The molecule has 2 aromatic rings. The van der Waals surface area contributed by atoms with Gasteiger partial charge in [0.2, 0.25) is 0 Å². The maximum Gasteiger partial charge on any atom is 0.291 e. The van der Waals surface area contributed by atoms with Crippen LogP contribution in [0.25, 0.3) is 0 Å². The van der Waals surface area contributed by atoms with Crippen molar-refractivity contribution in [3.63, 3.8) is 0 Å². The molecule has 0 spiro atoms. The lowest BCUT2D eigenvalue weighted by Gasteiger charge is -2.31. The zero-order valence-corrected chi connectivity index (χ0v) is 12.1. The molecule has 5 heteroatoms. The summed E-state index contributed by atoms with van der Waals surface area (Å²) in [5.41, 5.74) is 0.672. The molecule has 5 nitrogen and oxygen atoms in total. The SMILES string of the molecule is CC1CCN(c2ccc(NC(=O)c3ccco3)cn2)CC1. The van der Waals surface area contributed by atoms with Gasteiger partial charge in [0.25, 0.3) is 5.91 Å². The van der Waals surface area contributed by atoms with Crippen LogP contribution >= 0.6 is 0 Å². The number of hydrogen-bond acceptors (Lipinski definition) is 4. The molecule has 2 aromatic heterocycles. The van der Waals surface area contributed by atoms with E-state index in [2.05, 4.69) is 22.1 Å². The second-order valence-corrected chi connectivity index (χ2v) is 5.51. The van der Waals surface area contributed by atoms with Crippen LogP contribution in [-0.2, 0) is 0 Å². The molecule has 0 aliphatic carbocycles. The average molecular weight is 285 g/mol. The van der Waals surface area contributed by atoms with Crippen molar-refractivity contribution in [1.82, 2.24) is 4.98 Å². The summed E-state index contributed by atoms with van der Waals surface area (Å²) in [5, 5.41) is 2.77. The molecule has 0 aromatic carbocycles. The third-order valence-electron chi connectivity index (χ3n) is 3.86. The Morgan fingerprint density at radius 3 is 2.76 bits per heavy atom. The first kappa shape index (κ1) is 13.7. The summed E-state index contributed by atoms with van der Waals surface area (Å²) < 4.78 is 5.06. The number of carbonyl (C=O) groups excluding carboxylic acids is 1. The number of hydrogen-bond donors (Lipinski definition) is 1. The highest BCUT2D eigenvalue weighted by Crippen LogP contribution is 2.22. The quantitative estimate of drug-likeness (QED) is 0.941. The van der Waals surface area contributed by atoms with Gasteiger partial charge in [-0.1, -0.05) is 6.92 Å². The fraction of sp³-hybridized carbons (Fsp3) is 0.375. The minimum atomic E-state index is -0.263. The lowest BCUT2D eigenvalue weighted by molar-refractivity contribution is 0.0996. The standard InChI is InChI=1S/C16H19N3O2/c1-12-6-8-19(9-7-12)15-5-4-13(11-17-15)18-16(20)14-3-2-10-21-14/h2-5,10-12H,6-9H2,1H3,(H,18,20). The van der Waals surface area contributed by atoms with Gasteiger partial charge in [-0.15, -0.1) is 0 Å². The number of nitrogens with zero attached hydrogens (tertiary/aromatic N) is 2. The second-order valence-electron chi connectivity index (χ2n) is 5.51. The van der Waals surface area contributed by atoms with Crippen LogP contribution in [0.15, 0.2) is 41.1 Å². The van der Waals surface area contributed by atoms with E-state index in [1.165, 1.54) is 19.1 Å². The molecule has 3 rings (SSSR count). The lowest BCUT2D eigenvalue weighted by atomic mass is 9.99. The minimum Gasteiger partial charge on any atom is -0.459 e. The van der Waals surface area contributed by atoms with E-state index in [9.17, 15) is 4.79 Å². The van der Waals surface area contributed by atoms with Crippen molar-refractivity contribution in [3.05, 3.63) is 42.5 Å². The van der Waals surface area contributed by atoms with Gasteiger partial charge in [-0.25, -0.2) is 4.98 Å². The number of anilines is 2. The highest BCUT2D eigenvalue weighted by molar-refractivity contribution is 6.02. The maximum atomic E-state index is 11.9. The molecule has 1 aliphatic heterocycles. The van der Waals surface area contributed by atoms with E-state index in [0.717, 1.165) is 24.8 Å². The maximum absolute atomic E-state index is 11.9.